The number of aromatic nitrogens is 3. The Kier molecular flexibility index (Phi) is 8.40. The third-order valence-electron chi connectivity index (χ3n) is 5.72. The Balaban J connectivity index is 1.53. The SMILES string of the molecule is CC(C)(COC1OC(CO)C(O)C(O)C1O)C(=O)OCC1OC(n2cnc(C(N)=O)n2)[C@H](O)[C@@H]1O. The fourth-order valence-corrected chi connectivity index (χ4v) is 3.50. The van der Waals surface area contributed by atoms with E-state index in [1.807, 2.05) is 0 Å². The normalized spacial score (nSPS) is 35.7. The van der Waals surface area contributed by atoms with Gasteiger partial charge in [-0.05, 0) is 13.8 Å². The molecule has 0 aliphatic carbocycles. The van der Waals surface area contributed by atoms with Crippen LogP contribution >= 0.6 is 0 Å². The monoisotopic (exact) mass is 506 g/mol. The maximum atomic E-state index is 12.6. The molecule has 0 bridgehead atoms. The molecule has 16 heteroatoms. The van der Waals surface area contributed by atoms with Crippen LogP contribution in [0.1, 0.15) is 30.7 Å². The van der Waals surface area contributed by atoms with Gasteiger partial charge < -0.3 is 55.3 Å². The van der Waals surface area contributed by atoms with Gasteiger partial charge in [-0.25, -0.2) is 9.67 Å². The predicted octanol–water partition coefficient (Wildman–Crippen LogP) is -4.62. The highest BCUT2D eigenvalue weighted by Gasteiger charge is 2.47. The van der Waals surface area contributed by atoms with Crippen LogP contribution in [0.25, 0.3) is 0 Å². The molecule has 8 N–H and O–H groups in total. The maximum Gasteiger partial charge on any atom is 0.313 e. The molecule has 0 saturated carbocycles. The smallest absolute Gasteiger partial charge is 0.313 e. The van der Waals surface area contributed by atoms with E-state index >= 15 is 0 Å². The molecule has 198 valence electrons. The summed E-state index contributed by atoms with van der Waals surface area (Å²) < 4.78 is 22.4. The second-order valence-corrected chi connectivity index (χ2v) is 8.95. The van der Waals surface area contributed by atoms with Crippen molar-refractivity contribution < 1.29 is 59.2 Å². The number of aliphatic hydroxyl groups is 6. The lowest BCUT2D eigenvalue weighted by molar-refractivity contribution is -0.305. The molecule has 7 unspecified atom stereocenters. The summed E-state index contributed by atoms with van der Waals surface area (Å²) >= 11 is 0. The Labute approximate surface area is 198 Å². The van der Waals surface area contributed by atoms with Crippen LogP contribution in [0.4, 0.5) is 0 Å². The number of rotatable bonds is 9. The summed E-state index contributed by atoms with van der Waals surface area (Å²) in [7, 11) is 0. The number of carbonyl (C=O) groups is 2. The molecule has 3 rings (SSSR count). The summed E-state index contributed by atoms with van der Waals surface area (Å²) in [6.07, 6.45) is -11.6. The van der Waals surface area contributed by atoms with Crippen LogP contribution in [0.15, 0.2) is 6.33 Å². The zero-order chi connectivity index (χ0) is 26.1. The summed E-state index contributed by atoms with van der Waals surface area (Å²) in [4.78, 5) is 27.4. The van der Waals surface area contributed by atoms with Crippen molar-refractivity contribution in [2.24, 2.45) is 11.1 Å². The Hall–Kier alpha value is -2.28. The molecule has 16 nitrogen and oxygen atoms in total. The molecule has 1 aromatic heterocycles. The first kappa shape index (κ1) is 27.3. The lowest BCUT2D eigenvalue weighted by Crippen LogP contribution is -2.59. The van der Waals surface area contributed by atoms with E-state index in [2.05, 4.69) is 10.1 Å². The molecule has 1 amide bonds. The second-order valence-electron chi connectivity index (χ2n) is 8.95. The molecular weight excluding hydrogens is 476 g/mol. The van der Waals surface area contributed by atoms with Crippen LogP contribution < -0.4 is 5.73 Å². The third kappa shape index (κ3) is 5.76. The fourth-order valence-electron chi connectivity index (χ4n) is 3.50. The van der Waals surface area contributed by atoms with Gasteiger partial charge in [-0.3, -0.25) is 9.59 Å². The number of hydrogen-bond acceptors (Lipinski definition) is 14. The average molecular weight is 506 g/mol. The number of hydrogen-bond donors (Lipinski definition) is 7. The number of carbonyl (C=O) groups excluding carboxylic acids is 2. The van der Waals surface area contributed by atoms with Gasteiger partial charge in [0.1, 0.15) is 55.7 Å². The van der Waals surface area contributed by atoms with Gasteiger partial charge in [0.2, 0.25) is 5.82 Å². The van der Waals surface area contributed by atoms with Gasteiger partial charge >= 0.3 is 5.97 Å². The Morgan fingerprint density at radius 2 is 1.71 bits per heavy atom. The Morgan fingerprint density at radius 3 is 2.31 bits per heavy atom. The number of esters is 1. The largest absolute Gasteiger partial charge is 0.462 e. The van der Waals surface area contributed by atoms with Crippen LogP contribution in [0.2, 0.25) is 0 Å². The van der Waals surface area contributed by atoms with Crippen molar-refractivity contribution in [2.75, 3.05) is 19.8 Å². The fraction of sp³-hybridized carbons (Fsp3) is 0.789. The molecule has 3 heterocycles. The van der Waals surface area contributed by atoms with Crippen molar-refractivity contribution >= 4 is 11.9 Å². The molecule has 2 saturated heterocycles. The van der Waals surface area contributed by atoms with Gasteiger partial charge in [0.05, 0.1) is 18.6 Å². The Morgan fingerprint density at radius 1 is 1.06 bits per heavy atom. The molecular formula is C19H30N4O12. The van der Waals surface area contributed by atoms with Crippen LogP contribution in [-0.2, 0) is 23.7 Å². The summed E-state index contributed by atoms with van der Waals surface area (Å²) in [5, 5.41) is 63.2. The minimum Gasteiger partial charge on any atom is -0.462 e. The lowest BCUT2D eigenvalue weighted by atomic mass is 9.94. The zero-order valence-corrected chi connectivity index (χ0v) is 18.9. The van der Waals surface area contributed by atoms with Gasteiger partial charge in [-0.15, -0.1) is 5.10 Å². The van der Waals surface area contributed by atoms with Gasteiger partial charge in [0.25, 0.3) is 5.91 Å². The summed E-state index contributed by atoms with van der Waals surface area (Å²) in [5.41, 5.74) is 3.79. The minimum absolute atomic E-state index is 0.314. The molecule has 0 aromatic carbocycles. The van der Waals surface area contributed by atoms with Crippen LogP contribution in [-0.4, -0.2) is 126 Å². The van der Waals surface area contributed by atoms with E-state index in [4.69, 9.17) is 24.7 Å². The number of nitrogens with zero attached hydrogens (tertiary/aromatic N) is 3. The number of primary amides is 1. The van der Waals surface area contributed by atoms with Gasteiger partial charge in [0.15, 0.2) is 12.5 Å². The van der Waals surface area contributed by atoms with E-state index in [9.17, 15) is 40.2 Å². The van der Waals surface area contributed by atoms with Gasteiger partial charge in [-0.2, -0.15) is 0 Å². The second kappa shape index (κ2) is 10.8. The van der Waals surface area contributed by atoms with Crippen LogP contribution in [0.3, 0.4) is 0 Å². The first-order valence-corrected chi connectivity index (χ1v) is 10.7. The summed E-state index contributed by atoms with van der Waals surface area (Å²) in [6.45, 7) is 1.50. The third-order valence-corrected chi connectivity index (χ3v) is 5.72. The van der Waals surface area contributed by atoms with Gasteiger partial charge in [0, 0.05) is 0 Å². The van der Waals surface area contributed by atoms with Gasteiger partial charge in [-0.1, -0.05) is 0 Å². The van der Waals surface area contributed by atoms with Crippen molar-refractivity contribution in [2.45, 2.75) is 69.1 Å². The zero-order valence-electron chi connectivity index (χ0n) is 18.9. The standard InChI is InChI=1S/C19H30N4O12/c1-19(2,5-33-17-13(29)11(27)9(25)7(3-24)35-17)18(31)32-4-8-10(26)12(28)16(34-8)23-6-21-15(22-23)14(20)30/h6-13,16-17,24-29H,3-5H2,1-2H3,(H2,20,30)/t7?,8?,9?,10-,11?,12-,13?,16?,17?/m1/s1. The molecule has 2 aliphatic rings. The molecule has 2 aliphatic heterocycles. The van der Waals surface area contributed by atoms with E-state index in [0.717, 1.165) is 11.0 Å². The van der Waals surface area contributed by atoms with E-state index in [0.29, 0.717) is 0 Å². The first-order chi connectivity index (χ1) is 16.4. The maximum absolute atomic E-state index is 12.6. The first-order valence-electron chi connectivity index (χ1n) is 10.7. The van der Waals surface area contributed by atoms with Crippen molar-refractivity contribution in [3.05, 3.63) is 12.2 Å². The van der Waals surface area contributed by atoms with E-state index in [1.54, 1.807) is 0 Å². The van der Waals surface area contributed by atoms with E-state index in [1.165, 1.54) is 13.8 Å². The number of nitrogens with two attached hydrogens (primary N) is 1. The van der Waals surface area contributed by atoms with E-state index in [-0.39, 0.29) is 12.4 Å². The molecule has 1 aromatic rings. The molecule has 2 fully saturated rings. The van der Waals surface area contributed by atoms with Crippen LogP contribution in [0, 0.1) is 5.41 Å². The van der Waals surface area contributed by atoms with Crippen molar-refractivity contribution in [1.29, 1.82) is 0 Å². The van der Waals surface area contributed by atoms with Crippen molar-refractivity contribution in [3.63, 3.8) is 0 Å². The highest BCUT2D eigenvalue weighted by atomic mass is 16.7. The van der Waals surface area contributed by atoms with Crippen molar-refractivity contribution in [1.82, 2.24) is 14.8 Å². The average Bonchev–Trinajstić information content (AvgIpc) is 3.41. The Bertz CT molecular complexity index is 895. The topological polar surface area (TPSA) is 249 Å². The van der Waals surface area contributed by atoms with Crippen LogP contribution in [0.5, 0.6) is 0 Å². The van der Waals surface area contributed by atoms with E-state index < -0.39 is 85.8 Å². The number of ether oxygens (including phenoxy) is 4. The molecule has 35 heavy (non-hydrogen) atoms. The molecule has 0 radical (unpaired) electrons. The molecule has 0 spiro atoms. The number of aliphatic hydroxyl groups excluding tert-OH is 6. The predicted molar refractivity (Wildman–Crippen MR) is 109 cm³/mol. The highest BCUT2D eigenvalue weighted by Crippen LogP contribution is 2.30. The minimum atomic E-state index is -1.63. The lowest BCUT2D eigenvalue weighted by Gasteiger charge is -2.40. The van der Waals surface area contributed by atoms with Crippen molar-refractivity contribution in [3.8, 4) is 0 Å². The highest BCUT2D eigenvalue weighted by molar-refractivity contribution is 5.88. The molecule has 9 atom stereocenters. The quantitative estimate of drug-likeness (QED) is 0.156. The summed E-state index contributed by atoms with van der Waals surface area (Å²) in [6, 6.07) is 0. The summed E-state index contributed by atoms with van der Waals surface area (Å²) in [5.74, 6) is -1.99. The number of amides is 1.